The second-order valence-corrected chi connectivity index (χ2v) is 5.85. The summed E-state index contributed by atoms with van der Waals surface area (Å²) < 4.78 is 5.82. The third-order valence-electron chi connectivity index (χ3n) is 4.10. The highest BCUT2D eigenvalue weighted by Crippen LogP contribution is 2.47. The number of ether oxygens (including phenoxy) is 1. The summed E-state index contributed by atoms with van der Waals surface area (Å²) in [5.74, 6) is -0.393. The van der Waals surface area contributed by atoms with E-state index in [0.29, 0.717) is 5.71 Å². The van der Waals surface area contributed by atoms with Crippen LogP contribution >= 0.6 is 0 Å². The van der Waals surface area contributed by atoms with Gasteiger partial charge in [-0.05, 0) is 30.7 Å². The Balaban J connectivity index is 2.23. The van der Waals surface area contributed by atoms with Gasteiger partial charge < -0.3 is 9.94 Å². The first-order chi connectivity index (χ1) is 11.5. The molecule has 1 aliphatic carbocycles. The topological polar surface area (TPSA) is 71.8 Å². The van der Waals surface area contributed by atoms with Crippen LogP contribution in [0.25, 0.3) is 5.57 Å². The van der Waals surface area contributed by atoms with Gasteiger partial charge in [0.05, 0.1) is 5.71 Å². The van der Waals surface area contributed by atoms with Crippen molar-refractivity contribution in [2.45, 2.75) is 25.9 Å². The number of carbonyl (C=O) groups is 1. The molecular formula is C19H18N2O3. The van der Waals surface area contributed by atoms with Gasteiger partial charge in [0.25, 0.3) is 0 Å². The highest BCUT2D eigenvalue weighted by molar-refractivity contribution is 6.08. The number of aromatic nitrogens is 1. The predicted molar refractivity (Wildman–Crippen MR) is 90.7 cm³/mol. The molecule has 5 nitrogen and oxygen atoms in total. The lowest BCUT2D eigenvalue weighted by Gasteiger charge is -2.32. The molecule has 1 aromatic heterocycles. The Bertz CT molecular complexity index is 828. The molecule has 0 aliphatic heterocycles. The van der Waals surface area contributed by atoms with Gasteiger partial charge in [-0.2, -0.15) is 0 Å². The number of hydrogen-bond donors (Lipinski definition) is 1. The van der Waals surface area contributed by atoms with Crippen LogP contribution in [0.2, 0.25) is 0 Å². The molecule has 0 spiro atoms. The summed E-state index contributed by atoms with van der Waals surface area (Å²) >= 11 is 0. The van der Waals surface area contributed by atoms with Gasteiger partial charge in [0.1, 0.15) is 0 Å². The molecule has 24 heavy (non-hydrogen) atoms. The molecule has 1 aliphatic rings. The van der Waals surface area contributed by atoms with Gasteiger partial charge in [-0.3, -0.25) is 9.78 Å². The fourth-order valence-electron chi connectivity index (χ4n) is 3.15. The zero-order valence-electron chi connectivity index (χ0n) is 13.6. The maximum absolute atomic E-state index is 11.9. The number of esters is 1. The number of hydrogen-bond acceptors (Lipinski definition) is 5. The highest BCUT2D eigenvalue weighted by Gasteiger charge is 2.45. The van der Waals surface area contributed by atoms with Crippen molar-refractivity contribution < 1.29 is 14.7 Å². The minimum Gasteiger partial charge on any atom is -0.449 e. The zero-order valence-corrected chi connectivity index (χ0v) is 13.6. The minimum absolute atomic E-state index is 0.282. The molecule has 0 fully saturated rings. The summed E-state index contributed by atoms with van der Waals surface area (Å²) in [6.07, 6.45) is 5.41. The second-order valence-electron chi connectivity index (χ2n) is 5.85. The highest BCUT2D eigenvalue weighted by atomic mass is 16.6. The maximum Gasteiger partial charge on any atom is 0.303 e. The third-order valence-corrected chi connectivity index (χ3v) is 4.10. The van der Waals surface area contributed by atoms with Crippen molar-refractivity contribution in [2.75, 3.05) is 0 Å². The van der Waals surface area contributed by atoms with Crippen LogP contribution in [0, 0.1) is 6.92 Å². The SMILES string of the molecule is CC(=O)OC1(c2cccc(C)c2)C/C(=N/O)C=C1c1ccncc1. The van der Waals surface area contributed by atoms with Crippen molar-refractivity contribution in [2.24, 2.45) is 5.16 Å². The number of carbonyl (C=O) groups excluding carboxylic acids is 1. The Morgan fingerprint density at radius 1 is 1.29 bits per heavy atom. The molecular weight excluding hydrogens is 304 g/mol. The number of pyridine rings is 1. The van der Waals surface area contributed by atoms with E-state index in [0.717, 1.165) is 22.3 Å². The summed E-state index contributed by atoms with van der Waals surface area (Å²) in [4.78, 5) is 15.9. The first-order valence-corrected chi connectivity index (χ1v) is 7.65. The number of rotatable bonds is 3. The van der Waals surface area contributed by atoms with Gasteiger partial charge in [-0.25, -0.2) is 0 Å². The van der Waals surface area contributed by atoms with Crippen LogP contribution in [-0.4, -0.2) is 21.9 Å². The van der Waals surface area contributed by atoms with Gasteiger partial charge >= 0.3 is 5.97 Å². The molecule has 1 unspecified atom stereocenters. The maximum atomic E-state index is 11.9. The second kappa shape index (κ2) is 6.28. The van der Waals surface area contributed by atoms with Crippen molar-refractivity contribution in [1.29, 1.82) is 0 Å². The molecule has 0 saturated heterocycles. The van der Waals surface area contributed by atoms with Crippen molar-refractivity contribution in [3.63, 3.8) is 0 Å². The average molecular weight is 322 g/mol. The standard InChI is InChI=1S/C19H18N2O3/c1-13-4-3-5-16(10-13)19(24-14(2)22)12-17(21-23)11-18(19)15-6-8-20-9-7-15/h3-11,23H,12H2,1-2H3/b21-17+. The lowest BCUT2D eigenvalue weighted by molar-refractivity contribution is -0.151. The Morgan fingerprint density at radius 3 is 2.67 bits per heavy atom. The van der Waals surface area contributed by atoms with Crippen LogP contribution in [0.15, 0.2) is 60.0 Å². The molecule has 0 saturated carbocycles. The van der Waals surface area contributed by atoms with Crippen molar-refractivity contribution in [1.82, 2.24) is 4.98 Å². The van der Waals surface area contributed by atoms with Crippen LogP contribution in [0.3, 0.4) is 0 Å². The summed E-state index contributed by atoms with van der Waals surface area (Å²) in [6.45, 7) is 3.37. The van der Waals surface area contributed by atoms with Crippen LogP contribution in [0.1, 0.15) is 30.0 Å². The molecule has 1 atom stereocenters. The molecule has 5 heteroatoms. The van der Waals surface area contributed by atoms with E-state index in [9.17, 15) is 10.0 Å². The first-order valence-electron chi connectivity index (χ1n) is 7.65. The molecule has 2 aromatic rings. The largest absolute Gasteiger partial charge is 0.449 e. The molecule has 1 heterocycles. The molecule has 1 N–H and O–H groups in total. The van der Waals surface area contributed by atoms with Gasteiger partial charge in [0.2, 0.25) is 0 Å². The van der Waals surface area contributed by atoms with Gasteiger partial charge in [0, 0.05) is 36.9 Å². The number of aryl methyl sites for hydroxylation is 1. The van der Waals surface area contributed by atoms with Crippen LogP contribution in [-0.2, 0) is 15.1 Å². The fourth-order valence-corrected chi connectivity index (χ4v) is 3.15. The third kappa shape index (κ3) is 2.80. The molecule has 0 radical (unpaired) electrons. The lowest BCUT2D eigenvalue weighted by Crippen LogP contribution is -2.32. The van der Waals surface area contributed by atoms with Gasteiger partial charge in [0.15, 0.2) is 5.60 Å². The summed E-state index contributed by atoms with van der Waals surface area (Å²) in [7, 11) is 0. The van der Waals surface area contributed by atoms with Crippen LogP contribution in [0.4, 0.5) is 0 Å². The minimum atomic E-state index is -1.01. The quantitative estimate of drug-likeness (QED) is 0.533. The van der Waals surface area contributed by atoms with Gasteiger partial charge in [-0.1, -0.05) is 35.0 Å². The summed E-state index contributed by atoms with van der Waals surface area (Å²) in [6, 6.07) is 11.5. The number of nitrogens with zero attached hydrogens (tertiary/aromatic N) is 2. The van der Waals surface area contributed by atoms with Crippen LogP contribution < -0.4 is 0 Å². The zero-order chi connectivity index (χ0) is 17.2. The molecule has 3 rings (SSSR count). The lowest BCUT2D eigenvalue weighted by atomic mass is 9.83. The van der Waals surface area contributed by atoms with E-state index in [2.05, 4.69) is 10.1 Å². The van der Waals surface area contributed by atoms with E-state index >= 15 is 0 Å². The summed E-state index contributed by atoms with van der Waals surface area (Å²) in [5.41, 5.74) is 3.00. The van der Waals surface area contributed by atoms with Crippen molar-refractivity contribution in [3.8, 4) is 0 Å². The molecule has 0 bridgehead atoms. The van der Waals surface area contributed by atoms with E-state index in [-0.39, 0.29) is 6.42 Å². The molecule has 1 aromatic carbocycles. The molecule has 122 valence electrons. The van der Waals surface area contributed by atoms with Crippen LogP contribution in [0.5, 0.6) is 0 Å². The normalized spacial score (nSPS) is 21.6. The van der Waals surface area contributed by atoms with E-state index in [1.165, 1.54) is 6.92 Å². The smallest absolute Gasteiger partial charge is 0.303 e. The number of benzene rings is 1. The fraction of sp³-hybridized carbons (Fsp3) is 0.211. The monoisotopic (exact) mass is 322 g/mol. The predicted octanol–water partition coefficient (Wildman–Crippen LogP) is 3.47. The Morgan fingerprint density at radius 2 is 2.04 bits per heavy atom. The molecule has 0 amide bonds. The van der Waals surface area contributed by atoms with Crippen molar-refractivity contribution >= 4 is 17.3 Å². The van der Waals surface area contributed by atoms with E-state index in [4.69, 9.17) is 4.74 Å². The number of allylic oxidation sites excluding steroid dienone is 1. The van der Waals surface area contributed by atoms with E-state index in [1.807, 2.05) is 43.3 Å². The Kier molecular flexibility index (Phi) is 4.16. The number of oxime groups is 1. The summed E-state index contributed by atoms with van der Waals surface area (Å²) in [5, 5.41) is 12.6. The van der Waals surface area contributed by atoms with E-state index in [1.54, 1.807) is 18.5 Å². The first kappa shape index (κ1) is 15.9. The van der Waals surface area contributed by atoms with Crippen molar-refractivity contribution in [3.05, 3.63) is 71.6 Å². The Labute approximate surface area is 140 Å². The van der Waals surface area contributed by atoms with Gasteiger partial charge in [-0.15, -0.1) is 0 Å². The Hall–Kier alpha value is -2.95. The van der Waals surface area contributed by atoms with E-state index < -0.39 is 11.6 Å². The average Bonchev–Trinajstić information content (AvgIpc) is 2.95.